The molecule has 0 bridgehead atoms. The minimum absolute atomic E-state index is 0.212. The molecule has 1 fully saturated rings. The topological polar surface area (TPSA) is 47.6 Å². The van der Waals surface area contributed by atoms with Gasteiger partial charge in [-0.05, 0) is 44.2 Å². The molecular formula is C17H25NO3. The maximum absolute atomic E-state index is 12.1. The highest BCUT2D eigenvalue weighted by atomic mass is 16.5. The van der Waals surface area contributed by atoms with Gasteiger partial charge in [0.05, 0.1) is 13.7 Å². The van der Waals surface area contributed by atoms with Crippen LogP contribution in [0.5, 0.6) is 0 Å². The minimum atomic E-state index is -0.665. The van der Waals surface area contributed by atoms with Crippen molar-refractivity contribution in [2.75, 3.05) is 27.4 Å². The van der Waals surface area contributed by atoms with E-state index in [0.29, 0.717) is 19.1 Å². The van der Waals surface area contributed by atoms with Gasteiger partial charge in [-0.3, -0.25) is 0 Å². The summed E-state index contributed by atoms with van der Waals surface area (Å²) in [7, 11) is 3.24. The Balaban J connectivity index is 1.76. The van der Waals surface area contributed by atoms with Crippen LogP contribution < -0.4 is 5.32 Å². The molecule has 2 rings (SSSR count). The Morgan fingerprint density at radius 2 is 2.05 bits per heavy atom. The Morgan fingerprint density at radius 1 is 1.33 bits per heavy atom. The van der Waals surface area contributed by atoms with Gasteiger partial charge in [0.1, 0.15) is 5.54 Å². The van der Waals surface area contributed by atoms with Crippen molar-refractivity contribution >= 4 is 5.97 Å². The molecule has 0 heterocycles. The van der Waals surface area contributed by atoms with E-state index in [-0.39, 0.29) is 5.97 Å². The van der Waals surface area contributed by atoms with E-state index < -0.39 is 5.54 Å². The second-order valence-corrected chi connectivity index (χ2v) is 5.63. The summed E-state index contributed by atoms with van der Waals surface area (Å²) < 4.78 is 10.7. The van der Waals surface area contributed by atoms with E-state index in [9.17, 15) is 4.79 Å². The molecule has 4 heteroatoms. The van der Waals surface area contributed by atoms with Gasteiger partial charge in [0.15, 0.2) is 0 Å². The summed E-state index contributed by atoms with van der Waals surface area (Å²) in [6, 6.07) is 10.4. The Morgan fingerprint density at radius 3 is 2.62 bits per heavy atom. The molecule has 1 aliphatic rings. The molecule has 0 aliphatic heterocycles. The molecule has 1 aliphatic carbocycles. The van der Waals surface area contributed by atoms with Gasteiger partial charge in [-0.25, -0.2) is 4.79 Å². The number of ether oxygens (including phenoxy) is 2. The van der Waals surface area contributed by atoms with E-state index in [2.05, 4.69) is 17.4 Å². The van der Waals surface area contributed by atoms with Crippen molar-refractivity contribution in [2.24, 2.45) is 5.92 Å². The number of nitrogens with one attached hydrogen (secondary N) is 1. The molecule has 0 amide bonds. The first-order valence-electron chi connectivity index (χ1n) is 7.62. The summed E-state index contributed by atoms with van der Waals surface area (Å²) in [5.41, 5.74) is 0.651. The van der Waals surface area contributed by atoms with Gasteiger partial charge in [-0.1, -0.05) is 30.3 Å². The Bertz CT molecular complexity index is 445. The fourth-order valence-corrected chi connectivity index (χ4v) is 2.74. The highest BCUT2D eigenvalue weighted by molar-refractivity contribution is 5.82. The van der Waals surface area contributed by atoms with Crippen molar-refractivity contribution in [3.05, 3.63) is 35.9 Å². The predicted molar refractivity (Wildman–Crippen MR) is 82.1 cm³/mol. The van der Waals surface area contributed by atoms with Crippen LogP contribution in [0.15, 0.2) is 30.3 Å². The Kier molecular flexibility index (Phi) is 5.76. The molecule has 0 aromatic heterocycles. The van der Waals surface area contributed by atoms with Gasteiger partial charge >= 0.3 is 5.97 Å². The fraction of sp³-hybridized carbons (Fsp3) is 0.588. The predicted octanol–water partition coefficient (Wildman–Crippen LogP) is 2.18. The molecule has 1 atom stereocenters. The van der Waals surface area contributed by atoms with Gasteiger partial charge < -0.3 is 14.8 Å². The average molecular weight is 291 g/mol. The summed E-state index contributed by atoms with van der Waals surface area (Å²) in [4.78, 5) is 12.1. The van der Waals surface area contributed by atoms with Crippen molar-refractivity contribution in [1.29, 1.82) is 0 Å². The van der Waals surface area contributed by atoms with Crippen LogP contribution in [0.1, 0.15) is 24.8 Å². The van der Waals surface area contributed by atoms with Crippen molar-refractivity contribution < 1.29 is 14.3 Å². The Hall–Kier alpha value is -1.39. The largest absolute Gasteiger partial charge is 0.468 e. The normalized spacial score (nSPS) is 17.2. The van der Waals surface area contributed by atoms with Crippen LogP contribution >= 0.6 is 0 Å². The van der Waals surface area contributed by atoms with E-state index in [1.807, 2.05) is 25.2 Å². The first-order chi connectivity index (χ1) is 10.2. The molecule has 116 valence electrons. The third-order valence-corrected chi connectivity index (χ3v) is 4.20. The average Bonchev–Trinajstić information content (AvgIpc) is 3.37. The number of rotatable bonds is 9. The van der Waals surface area contributed by atoms with Gasteiger partial charge in [0, 0.05) is 6.61 Å². The van der Waals surface area contributed by atoms with Gasteiger partial charge in [0.25, 0.3) is 0 Å². The highest BCUT2D eigenvalue weighted by Gasteiger charge is 2.51. The van der Waals surface area contributed by atoms with Crippen molar-refractivity contribution in [2.45, 2.75) is 31.2 Å². The molecule has 1 unspecified atom stereocenters. The number of esters is 1. The number of hydrogen-bond acceptors (Lipinski definition) is 4. The number of benzene rings is 1. The minimum Gasteiger partial charge on any atom is -0.468 e. The zero-order valence-electron chi connectivity index (χ0n) is 12.9. The van der Waals surface area contributed by atoms with E-state index in [4.69, 9.17) is 9.47 Å². The van der Waals surface area contributed by atoms with Crippen LogP contribution in [0, 0.1) is 5.92 Å². The lowest BCUT2D eigenvalue weighted by atomic mass is 9.94. The molecule has 0 saturated heterocycles. The molecule has 1 aromatic carbocycles. The molecule has 21 heavy (non-hydrogen) atoms. The van der Waals surface area contributed by atoms with Gasteiger partial charge in [-0.15, -0.1) is 0 Å². The van der Waals surface area contributed by atoms with Crippen LogP contribution in [0.3, 0.4) is 0 Å². The fourth-order valence-electron chi connectivity index (χ4n) is 2.74. The lowest BCUT2D eigenvalue weighted by Gasteiger charge is -2.30. The summed E-state index contributed by atoms with van der Waals surface area (Å²) in [6.45, 7) is 1.04. The number of methoxy groups -OCH3 is 1. The van der Waals surface area contributed by atoms with Crippen LogP contribution in [-0.4, -0.2) is 38.9 Å². The second-order valence-electron chi connectivity index (χ2n) is 5.63. The van der Waals surface area contributed by atoms with Crippen LogP contribution in [0.4, 0.5) is 0 Å². The standard InChI is InChI=1S/C17H25NO3/c1-18-17(15-10-11-15,16(19)20-2)13-21-12-6-9-14-7-4-3-5-8-14/h3-5,7-8,15,18H,6,9-13H2,1-2H3. The first-order valence-corrected chi connectivity index (χ1v) is 7.62. The van der Waals surface area contributed by atoms with E-state index >= 15 is 0 Å². The van der Waals surface area contributed by atoms with E-state index in [1.54, 1.807) is 0 Å². The van der Waals surface area contributed by atoms with Crippen molar-refractivity contribution in [3.63, 3.8) is 0 Å². The van der Waals surface area contributed by atoms with Crippen molar-refractivity contribution in [1.82, 2.24) is 5.32 Å². The van der Waals surface area contributed by atoms with E-state index in [0.717, 1.165) is 25.7 Å². The first kappa shape index (κ1) is 16.0. The Labute approximate surface area is 126 Å². The zero-order valence-corrected chi connectivity index (χ0v) is 12.9. The molecule has 1 N–H and O–H groups in total. The summed E-state index contributed by atoms with van der Waals surface area (Å²) in [6.07, 6.45) is 4.07. The number of carbonyl (C=O) groups excluding carboxylic acids is 1. The third-order valence-electron chi connectivity index (χ3n) is 4.20. The lowest BCUT2D eigenvalue weighted by molar-refractivity contribution is -0.152. The van der Waals surface area contributed by atoms with Crippen LogP contribution in [0.25, 0.3) is 0 Å². The molecular weight excluding hydrogens is 266 g/mol. The quantitative estimate of drug-likeness (QED) is 0.559. The number of likely N-dealkylation sites (N-methyl/N-ethyl adjacent to an activating group) is 1. The SMILES string of the molecule is CNC(COCCCc1ccccc1)(C(=O)OC)C1CC1. The molecule has 1 saturated carbocycles. The molecule has 4 nitrogen and oxygen atoms in total. The summed E-state index contributed by atoms with van der Waals surface area (Å²) in [5.74, 6) is 0.125. The second kappa shape index (κ2) is 7.57. The van der Waals surface area contributed by atoms with Gasteiger partial charge in [0.2, 0.25) is 0 Å². The number of carbonyl (C=O) groups is 1. The van der Waals surface area contributed by atoms with Crippen LogP contribution in [-0.2, 0) is 20.7 Å². The lowest BCUT2D eigenvalue weighted by Crippen LogP contribution is -2.56. The van der Waals surface area contributed by atoms with E-state index in [1.165, 1.54) is 12.7 Å². The maximum atomic E-state index is 12.1. The molecule has 0 radical (unpaired) electrons. The monoisotopic (exact) mass is 291 g/mol. The molecule has 1 aromatic rings. The molecule has 0 spiro atoms. The smallest absolute Gasteiger partial charge is 0.328 e. The third kappa shape index (κ3) is 4.05. The van der Waals surface area contributed by atoms with Gasteiger partial charge in [-0.2, -0.15) is 0 Å². The number of hydrogen-bond donors (Lipinski definition) is 1. The highest BCUT2D eigenvalue weighted by Crippen LogP contribution is 2.40. The van der Waals surface area contributed by atoms with Crippen LogP contribution in [0.2, 0.25) is 0 Å². The number of aryl methyl sites for hydroxylation is 1. The summed E-state index contributed by atoms with van der Waals surface area (Å²) >= 11 is 0. The maximum Gasteiger partial charge on any atom is 0.328 e. The zero-order chi connectivity index (χ0) is 15.1. The van der Waals surface area contributed by atoms with Crippen molar-refractivity contribution in [3.8, 4) is 0 Å². The summed E-state index contributed by atoms with van der Waals surface area (Å²) in [5, 5.41) is 3.14.